The van der Waals surface area contributed by atoms with Crippen LogP contribution in [-0.2, 0) is 4.74 Å². The van der Waals surface area contributed by atoms with E-state index < -0.39 is 0 Å². The number of hydrogen-bond acceptors (Lipinski definition) is 4. The van der Waals surface area contributed by atoms with Gasteiger partial charge in [0.1, 0.15) is 6.10 Å². The van der Waals surface area contributed by atoms with Gasteiger partial charge in [0, 0.05) is 0 Å². The van der Waals surface area contributed by atoms with Crippen LogP contribution in [0.25, 0.3) is 0 Å². The Morgan fingerprint density at radius 3 is 2.87 bits per heavy atom. The second kappa shape index (κ2) is 4.61. The third-order valence-electron chi connectivity index (χ3n) is 2.59. The summed E-state index contributed by atoms with van der Waals surface area (Å²) in [5, 5.41) is 8.04. The van der Waals surface area contributed by atoms with E-state index >= 15 is 0 Å². The predicted octanol–water partition coefficient (Wildman–Crippen LogP) is 3.16. The highest BCUT2D eigenvalue weighted by Crippen LogP contribution is 2.33. The standard InChI is InChI=1S/C10H15BrN2O2/c1-3-7(11)9-12-13-10(15-9)8-5-4-6(2)14-8/h6-8H,3-5H2,1-2H3. The molecule has 3 atom stereocenters. The van der Waals surface area contributed by atoms with Crippen LogP contribution < -0.4 is 0 Å². The van der Waals surface area contributed by atoms with Gasteiger partial charge < -0.3 is 9.15 Å². The number of nitrogens with zero attached hydrogens (tertiary/aromatic N) is 2. The maximum atomic E-state index is 5.66. The van der Waals surface area contributed by atoms with Gasteiger partial charge in [0.25, 0.3) is 0 Å². The summed E-state index contributed by atoms with van der Waals surface area (Å²) in [4.78, 5) is 0.151. The van der Waals surface area contributed by atoms with E-state index in [0.29, 0.717) is 17.9 Å². The second-order valence-corrected chi connectivity index (χ2v) is 4.97. The van der Waals surface area contributed by atoms with Gasteiger partial charge >= 0.3 is 0 Å². The Hall–Kier alpha value is -0.420. The molecule has 5 heteroatoms. The Morgan fingerprint density at radius 1 is 1.47 bits per heavy atom. The van der Waals surface area contributed by atoms with Crippen LogP contribution in [0.3, 0.4) is 0 Å². The molecule has 0 saturated carbocycles. The van der Waals surface area contributed by atoms with Crippen molar-refractivity contribution in [2.75, 3.05) is 0 Å². The lowest BCUT2D eigenvalue weighted by Crippen LogP contribution is -2.01. The maximum Gasteiger partial charge on any atom is 0.245 e. The third-order valence-corrected chi connectivity index (χ3v) is 3.63. The molecule has 15 heavy (non-hydrogen) atoms. The summed E-state index contributed by atoms with van der Waals surface area (Å²) in [5.41, 5.74) is 0. The van der Waals surface area contributed by atoms with Gasteiger partial charge in [-0.25, -0.2) is 0 Å². The molecule has 3 unspecified atom stereocenters. The number of hydrogen-bond donors (Lipinski definition) is 0. The highest BCUT2D eigenvalue weighted by molar-refractivity contribution is 9.09. The van der Waals surface area contributed by atoms with Gasteiger partial charge in [-0.05, 0) is 26.2 Å². The van der Waals surface area contributed by atoms with Gasteiger partial charge in [0.05, 0.1) is 10.9 Å². The monoisotopic (exact) mass is 274 g/mol. The normalized spacial score (nSPS) is 28.2. The van der Waals surface area contributed by atoms with Gasteiger partial charge in [-0.1, -0.05) is 22.9 Å². The fraction of sp³-hybridized carbons (Fsp3) is 0.800. The third kappa shape index (κ3) is 2.39. The summed E-state index contributed by atoms with van der Waals surface area (Å²) in [7, 11) is 0. The molecule has 2 rings (SSSR count). The van der Waals surface area contributed by atoms with Crippen LogP contribution in [0.1, 0.15) is 55.8 Å². The van der Waals surface area contributed by atoms with Crippen LogP contribution in [0.15, 0.2) is 4.42 Å². The van der Waals surface area contributed by atoms with Gasteiger partial charge in [0.2, 0.25) is 11.8 Å². The second-order valence-electron chi connectivity index (χ2n) is 3.87. The van der Waals surface area contributed by atoms with Crippen LogP contribution in [0.4, 0.5) is 0 Å². The average molecular weight is 275 g/mol. The molecule has 1 fully saturated rings. The van der Waals surface area contributed by atoms with Crippen molar-refractivity contribution in [3.63, 3.8) is 0 Å². The Balaban J connectivity index is 2.07. The van der Waals surface area contributed by atoms with Crippen molar-refractivity contribution in [2.24, 2.45) is 0 Å². The maximum absolute atomic E-state index is 5.66. The molecule has 0 radical (unpaired) electrons. The zero-order chi connectivity index (χ0) is 10.8. The van der Waals surface area contributed by atoms with Gasteiger partial charge in [-0.15, -0.1) is 10.2 Å². The molecule has 4 nitrogen and oxygen atoms in total. The Kier molecular flexibility index (Phi) is 3.41. The Bertz CT molecular complexity index is 329. The summed E-state index contributed by atoms with van der Waals surface area (Å²) in [6.07, 6.45) is 3.27. The van der Waals surface area contributed by atoms with Crippen molar-refractivity contribution in [3.8, 4) is 0 Å². The lowest BCUT2D eigenvalue weighted by Gasteiger charge is -2.05. The largest absolute Gasteiger partial charge is 0.421 e. The van der Waals surface area contributed by atoms with Gasteiger partial charge in [0.15, 0.2) is 0 Å². The summed E-state index contributed by atoms with van der Waals surface area (Å²) < 4.78 is 11.2. The van der Waals surface area contributed by atoms with Crippen molar-refractivity contribution in [1.29, 1.82) is 0 Å². The van der Waals surface area contributed by atoms with Crippen LogP contribution in [0.5, 0.6) is 0 Å². The molecular formula is C10H15BrN2O2. The molecule has 0 N–H and O–H groups in total. The minimum atomic E-state index is -0.00203. The Morgan fingerprint density at radius 2 is 2.27 bits per heavy atom. The minimum absolute atomic E-state index is 0.00203. The van der Waals surface area contributed by atoms with Gasteiger partial charge in [-0.2, -0.15) is 0 Å². The summed E-state index contributed by atoms with van der Waals surface area (Å²) >= 11 is 3.48. The predicted molar refractivity (Wildman–Crippen MR) is 58.8 cm³/mol. The quantitative estimate of drug-likeness (QED) is 0.795. The van der Waals surface area contributed by atoms with E-state index in [2.05, 4.69) is 40.0 Å². The zero-order valence-corrected chi connectivity index (χ0v) is 10.5. The van der Waals surface area contributed by atoms with Crippen molar-refractivity contribution >= 4 is 15.9 Å². The van der Waals surface area contributed by atoms with E-state index in [0.717, 1.165) is 19.3 Å². The molecule has 0 bridgehead atoms. The first-order valence-electron chi connectivity index (χ1n) is 5.33. The molecule has 1 saturated heterocycles. The number of ether oxygens (including phenoxy) is 1. The van der Waals surface area contributed by atoms with Crippen molar-refractivity contribution in [3.05, 3.63) is 11.8 Å². The molecule has 1 aliphatic rings. The lowest BCUT2D eigenvalue weighted by atomic mass is 10.2. The van der Waals surface area contributed by atoms with E-state index in [9.17, 15) is 0 Å². The highest BCUT2D eigenvalue weighted by atomic mass is 79.9. The van der Waals surface area contributed by atoms with Crippen LogP contribution in [0.2, 0.25) is 0 Å². The highest BCUT2D eigenvalue weighted by Gasteiger charge is 2.28. The molecule has 1 aromatic heterocycles. The van der Waals surface area contributed by atoms with E-state index in [4.69, 9.17) is 9.15 Å². The van der Waals surface area contributed by atoms with E-state index in [-0.39, 0.29) is 10.9 Å². The molecule has 0 spiro atoms. The minimum Gasteiger partial charge on any atom is -0.421 e. The molecule has 0 aliphatic carbocycles. The molecular weight excluding hydrogens is 260 g/mol. The smallest absolute Gasteiger partial charge is 0.245 e. The first-order chi connectivity index (χ1) is 7.20. The first kappa shape index (κ1) is 11.1. The number of aromatic nitrogens is 2. The van der Waals surface area contributed by atoms with Crippen molar-refractivity contribution in [2.45, 2.75) is 50.1 Å². The number of halogens is 1. The van der Waals surface area contributed by atoms with Crippen molar-refractivity contribution in [1.82, 2.24) is 10.2 Å². The topological polar surface area (TPSA) is 48.2 Å². The summed E-state index contributed by atoms with van der Waals surface area (Å²) in [6.45, 7) is 4.13. The van der Waals surface area contributed by atoms with Crippen LogP contribution in [-0.4, -0.2) is 16.3 Å². The van der Waals surface area contributed by atoms with Crippen LogP contribution in [0, 0.1) is 0 Å². The number of alkyl halides is 1. The Labute approximate surface area is 97.5 Å². The van der Waals surface area contributed by atoms with E-state index in [1.165, 1.54) is 0 Å². The number of rotatable bonds is 3. The molecule has 0 amide bonds. The first-order valence-corrected chi connectivity index (χ1v) is 6.25. The summed E-state index contributed by atoms with van der Waals surface area (Å²) in [6, 6.07) is 0. The van der Waals surface area contributed by atoms with Crippen LogP contribution >= 0.6 is 15.9 Å². The van der Waals surface area contributed by atoms with Gasteiger partial charge in [-0.3, -0.25) is 0 Å². The molecule has 1 aromatic rings. The SMILES string of the molecule is CCC(Br)c1nnc(C2CCC(C)O2)o1. The summed E-state index contributed by atoms with van der Waals surface area (Å²) in [5.74, 6) is 1.27. The van der Waals surface area contributed by atoms with E-state index in [1.807, 2.05) is 0 Å². The molecule has 84 valence electrons. The molecule has 1 aliphatic heterocycles. The fourth-order valence-corrected chi connectivity index (χ4v) is 1.85. The zero-order valence-electron chi connectivity index (χ0n) is 8.94. The average Bonchev–Trinajstić information content (AvgIpc) is 2.84. The fourth-order valence-electron chi connectivity index (χ4n) is 1.66. The van der Waals surface area contributed by atoms with E-state index in [1.54, 1.807) is 0 Å². The molecule has 2 heterocycles. The molecule has 0 aromatic carbocycles. The van der Waals surface area contributed by atoms with Crippen molar-refractivity contribution < 1.29 is 9.15 Å². The lowest BCUT2D eigenvalue weighted by molar-refractivity contribution is 0.0384.